The first-order valence-corrected chi connectivity index (χ1v) is 9.00. The van der Waals surface area contributed by atoms with Crippen molar-refractivity contribution in [1.29, 1.82) is 0 Å². The normalized spacial score (nSPS) is 10.8. The van der Waals surface area contributed by atoms with Crippen LogP contribution in [0.4, 0.5) is 0 Å². The lowest BCUT2D eigenvalue weighted by Gasteiger charge is -2.06. The van der Waals surface area contributed by atoms with E-state index in [2.05, 4.69) is 20.6 Å². The molecule has 1 amide bonds. The average molecular weight is 372 g/mol. The zero-order valence-electron chi connectivity index (χ0n) is 15.7. The fraction of sp³-hybridized carbons (Fsp3) is 0.143. The van der Waals surface area contributed by atoms with Crippen LogP contribution in [-0.2, 0) is 6.54 Å². The van der Waals surface area contributed by atoms with Crippen molar-refractivity contribution < 1.29 is 4.79 Å². The van der Waals surface area contributed by atoms with Gasteiger partial charge >= 0.3 is 0 Å². The van der Waals surface area contributed by atoms with Crippen LogP contribution in [0.2, 0.25) is 0 Å². The summed E-state index contributed by atoms with van der Waals surface area (Å²) in [6.07, 6.45) is 1.47. The fourth-order valence-corrected chi connectivity index (χ4v) is 3.06. The number of aryl methyl sites for hydroxylation is 1. The quantitative estimate of drug-likeness (QED) is 0.584. The number of hydrogen-bond acceptors (Lipinski definition) is 4. The van der Waals surface area contributed by atoms with Crippen molar-refractivity contribution in [2.75, 3.05) is 0 Å². The standard InChI is InChI=1S/C21H20N6O/c1-15-19(16(2)26(24-15)17-9-5-3-6-10-17)13-22-21(28)20-14-23-27(25-20)18-11-7-4-8-12-18/h3-12,14H,13H2,1-2H3,(H,22,28). The van der Waals surface area contributed by atoms with E-state index in [-0.39, 0.29) is 11.6 Å². The number of nitrogens with zero attached hydrogens (tertiary/aromatic N) is 5. The molecular formula is C21H20N6O. The van der Waals surface area contributed by atoms with Gasteiger partial charge < -0.3 is 5.32 Å². The average Bonchev–Trinajstić information content (AvgIpc) is 3.33. The highest BCUT2D eigenvalue weighted by atomic mass is 16.2. The van der Waals surface area contributed by atoms with Gasteiger partial charge in [-0.1, -0.05) is 36.4 Å². The lowest BCUT2D eigenvalue weighted by molar-refractivity contribution is 0.0945. The molecule has 0 spiro atoms. The van der Waals surface area contributed by atoms with Gasteiger partial charge in [-0.3, -0.25) is 4.79 Å². The number of hydrogen-bond donors (Lipinski definition) is 1. The molecule has 28 heavy (non-hydrogen) atoms. The Kier molecular flexibility index (Phi) is 4.72. The molecule has 7 heteroatoms. The molecule has 0 saturated heterocycles. The highest BCUT2D eigenvalue weighted by Crippen LogP contribution is 2.17. The number of nitrogens with one attached hydrogen (secondary N) is 1. The zero-order chi connectivity index (χ0) is 19.5. The van der Waals surface area contributed by atoms with Gasteiger partial charge in [0.1, 0.15) is 0 Å². The Morgan fingerprint density at radius 2 is 1.57 bits per heavy atom. The summed E-state index contributed by atoms with van der Waals surface area (Å²) in [4.78, 5) is 14.0. The highest BCUT2D eigenvalue weighted by Gasteiger charge is 2.16. The van der Waals surface area contributed by atoms with E-state index in [1.807, 2.05) is 79.2 Å². The van der Waals surface area contributed by atoms with Crippen LogP contribution in [0.25, 0.3) is 11.4 Å². The van der Waals surface area contributed by atoms with Gasteiger partial charge in [-0.15, -0.1) is 5.10 Å². The van der Waals surface area contributed by atoms with Crippen molar-refractivity contribution in [1.82, 2.24) is 30.1 Å². The summed E-state index contributed by atoms with van der Waals surface area (Å²) in [7, 11) is 0. The zero-order valence-corrected chi connectivity index (χ0v) is 15.7. The van der Waals surface area contributed by atoms with Crippen molar-refractivity contribution in [2.24, 2.45) is 0 Å². The van der Waals surface area contributed by atoms with Gasteiger partial charge in [0.2, 0.25) is 0 Å². The molecule has 1 N–H and O–H groups in total. The highest BCUT2D eigenvalue weighted by molar-refractivity contribution is 5.91. The van der Waals surface area contributed by atoms with Crippen LogP contribution in [0.5, 0.6) is 0 Å². The second-order valence-electron chi connectivity index (χ2n) is 6.43. The van der Waals surface area contributed by atoms with Crippen molar-refractivity contribution in [2.45, 2.75) is 20.4 Å². The smallest absolute Gasteiger partial charge is 0.273 e. The van der Waals surface area contributed by atoms with E-state index in [0.717, 1.165) is 28.3 Å². The van der Waals surface area contributed by atoms with Crippen molar-refractivity contribution in [3.8, 4) is 11.4 Å². The molecule has 0 unspecified atom stereocenters. The second-order valence-corrected chi connectivity index (χ2v) is 6.43. The van der Waals surface area contributed by atoms with Crippen LogP contribution < -0.4 is 5.32 Å². The van der Waals surface area contributed by atoms with Gasteiger partial charge in [-0.05, 0) is 38.1 Å². The van der Waals surface area contributed by atoms with Crippen molar-refractivity contribution >= 4 is 5.91 Å². The SMILES string of the molecule is Cc1nn(-c2ccccc2)c(C)c1CNC(=O)c1cnn(-c2ccccc2)n1. The molecule has 0 bridgehead atoms. The molecule has 0 aliphatic heterocycles. The first-order valence-electron chi connectivity index (χ1n) is 9.00. The van der Waals surface area contributed by atoms with Crippen molar-refractivity contribution in [3.05, 3.63) is 89.5 Å². The summed E-state index contributed by atoms with van der Waals surface area (Å²) in [5, 5.41) is 16.0. The maximum absolute atomic E-state index is 12.5. The van der Waals surface area contributed by atoms with Gasteiger partial charge in [0.15, 0.2) is 5.69 Å². The van der Waals surface area contributed by atoms with E-state index in [1.165, 1.54) is 11.0 Å². The minimum Gasteiger partial charge on any atom is -0.346 e. The van der Waals surface area contributed by atoms with Crippen LogP contribution in [0.15, 0.2) is 66.9 Å². The number of carbonyl (C=O) groups excluding carboxylic acids is 1. The van der Waals surface area contributed by atoms with Crippen LogP contribution >= 0.6 is 0 Å². The van der Waals surface area contributed by atoms with Crippen LogP contribution in [0.3, 0.4) is 0 Å². The van der Waals surface area contributed by atoms with Crippen LogP contribution in [0, 0.1) is 13.8 Å². The predicted molar refractivity (Wildman–Crippen MR) is 106 cm³/mol. The summed E-state index contributed by atoms with van der Waals surface area (Å²) < 4.78 is 1.89. The molecule has 0 aliphatic carbocycles. The summed E-state index contributed by atoms with van der Waals surface area (Å²) >= 11 is 0. The summed E-state index contributed by atoms with van der Waals surface area (Å²) in [5.41, 5.74) is 4.94. The Balaban J connectivity index is 1.49. The molecule has 0 fully saturated rings. The third-order valence-electron chi connectivity index (χ3n) is 4.58. The molecule has 7 nitrogen and oxygen atoms in total. The monoisotopic (exact) mass is 372 g/mol. The molecule has 4 rings (SSSR count). The molecule has 2 heterocycles. The fourth-order valence-electron chi connectivity index (χ4n) is 3.06. The maximum atomic E-state index is 12.5. The molecule has 0 radical (unpaired) electrons. The van der Waals surface area contributed by atoms with E-state index >= 15 is 0 Å². The van der Waals surface area contributed by atoms with E-state index in [9.17, 15) is 4.79 Å². The topological polar surface area (TPSA) is 77.6 Å². The molecule has 2 aromatic heterocycles. The van der Waals surface area contributed by atoms with E-state index in [4.69, 9.17) is 0 Å². The second kappa shape index (κ2) is 7.48. The minimum atomic E-state index is -0.270. The molecule has 2 aromatic carbocycles. The number of carbonyl (C=O) groups is 1. The first kappa shape index (κ1) is 17.7. The Bertz CT molecular complexity index is 1100. The Labute approximate surface area is 162 Å². The Hall–Kier alpha value is -3.74. The first-order chi connectivity index (χ1) is 13.6. The lowest BCUT2D eigenvalue weighted by Crippen LogP contribution is -2.24. The molecule has 0 aliphatic rings. The largest absolute Gasteiger partial charge is 0.346 e. The van der Waals surface area contributed by atoms with Gasteiger partial charge in [-0.25, -0.2) is 4.68 Å². The summed E-state index contributed by atoms with van der Waals surface area (Å²) in [6.45, 7) is 4.32. The molecule has 0 saturated carbocycles. The summed E-state index contributed by atoms with van der Waals surface area (Å²) in [6, 6.07) is 19.4. The van der Waals surface area contributed by atoms with Crippen LogP contribution in [-0.4, -0.2) is 30.7 Å². The van der Waals surface area contributed by atoms with E-state index < -0.39 is 0 Å². The number of benzene rings is 2. The molecule has 0 atom stereocenters. The number of rotatable bonds is 5. The summed E-state index contributed by atoms with van der Waals surface area (Å²) in [5.74, 6) is -0.270. The van der Waals surface area contributed by atoms with Crippen molar-refractivity contribution in [3.63, 3.8) is 0 Å². The number of para-hydroxylation sites is 2. The molecule has 140 valence electrons. The number of aromatic nitrogens is 5. The minimum absolute atomic E-state index is 0.270. The van der Waals surface area contributed by atoms with E-state index in [0.29, 0.717) is 6.54 Å². The van der Waals surface area contributed by atoms with Gasteiger partial charge in [0.05, 0.1) is 23.3 Å². The third kappa shape index (κ3) is 3.42. The third-order valence-corrected chi connectivity index (χ3v) is 4.58. The number of amides is 1. The van der Waals surface area contributed by atoms with Gasteiger partial charge in [0.25, 0.3) is 5.91 Å². The molecular weight excluding hydrogens is 352 g/mol. The molecule has 4 aromatic rings. The Morgan fingerprint density at radius 3 is 2.25 bits per heavy atom. The van der Waals surface area contributed by atoms with E-state index in [1.54, 1.807) is 0 Å². The predicted octanol–water partition coefficient (Wildman–Crippen LogP) is 3.00. The maximum Gasteiger partial charge on any atom is 0.273 e. The Morgan fingerprint density at radius 1 is 0.929 bits per heavy atom. The van der Waals surface area contributed by atoms with Gasteiger partial charge in [0, 0.05) is 17.8 Å². The lowest BCUT2D eigenvalue weighted by atomic mass is 10.2. The van der Waals surface area contributed by atoms with Gasteiger partial charge in [-0.2, -0.15) is 15.0 Å². The van der Waals surface area contributed by atoms with Crippen LogP contribution in [0.1, 0.15) is 27.4 Å².